The van der Waals surface area contributed by atoms with Crippen LogP contribution < -0.4 is 10.1 Å². The molecule has 0 fully saturated rings. The lowest BCUT2D eigenvalue weighted by Gasteiger charge is -2.10. The van der Waals surface area contributed by atoms with E-state index < -0.39 is 0 Å². The molecule has 0 spiro atoms. The summed E-state index contributed by atoms with van der Waals surface area (Å²) in [6.07, 6.45) is 0.900. The van der Waals surface area contributed by atoms with Gasteiger partial charge in [-0.25, -0.2) is 0 Å². The zero-order valence-corrected chi connectivity index (χ0v) is 15.2. The molecule has 128 valence electrons. The lowest BCUT2D eigenvalue weighted by molar-refractivity contribution is 0.322. The molecule has 0 aliphatic heterocycles. The molecule has 0 atom stereocenters. The van der Waals surface area contributed by atoms with Crippen LogP contribution in [0, 0.1) is 0 Å². The number of nitrogens with one attached hydrogen (secondary N) is 1. The summed E-state index contributed by atoms with van der Waals surface area (Å²) in [5, 5.41) is 4.39. The Labute approximate surface area is 158 Å². The summed E-state index contributed by atoms with van der Waals surface area (Å²) in [6, 6.07) is 24.0. The minimum absolute atomic E-state index is 0.546. The first-order chi connectivity index (χ1) is 12.2. The first kappa shape index (κ1) is 17.7. The van der Waals surface area contributed by atoms with Gasteiger partial charge in [0.25, 0.3) is 0 Å². The Balaban J connectivity index is 1.49. The van der Waals surface area contributed by atoms with E-state index in [4.69, 9.17) is 27.9 Å². The van der Waals surface area contributed by atoms with Crippen molar-refractivity contribution in [3.8, 4) is 5.75 Å². The van der Waals surface area contributed by atoms with Crippen molar-refractivity contribution < 1.29 is 4.74 Å². The van der Waals surface area contributed by atoms with Crippen molar-refractivity contribution >= 4 is 28.9 Å². The number of benzene rings is 3. The molecule has 0 heterocycles. The minimum Gasteiger partial charge on any atom is -0.493 e. The van der Waals surface area contributed by atoms with Crippen LogP contribution in [0.3, 0.4) is 0 Å². The van der Waals surface area contributed by atoms with Crippen molar-refractivity contribution in [1.82, 2.24) is 0 Å². The van der Waals surface area contributed by atoms with E-state index >= 15 is 0 Å². The first-order valence-electron chi connectivity index (χ1n) is 8.16. The number of rotatable bonds is 7. The molecule has 4 heteroatoms. The van der Waals surface area contributed by atoms with Crippen LogP contribution in [0.4, 0.5) is 5.69 Å². The molecule has 0 bridgehead atoms. The van der Waals surface area contributed by atoms with E-state index in [1.165, 1.54) is 5.56 Å². The molecule has 3 aromatic carbocycles. The minimum atomic E-state index is 0.546. The third-order valence-corrected chi connectivity index (χ3v) is 4.68. The Bertz CT molecular complexity index is 804. The van der Waals surface area contributed by atoms with Gasteiger partial charge in [-0.15, -0.1) is 0 Å². The second-order valence-electron chi connectivity index (χ2n) is 5.68. The molecule has 2 nitrogen and oxygen atoms in total. The summed E-state index contributed by atoms with van der Waals surface area (Å²) in [4.78, 5) is 0. The quantitative estimate of drug-likeness (QED) is 0.531. The van der Waals surface area contributed by atoms with Crippen LogP contribution >= 0.6 is 23.2 Å². The van der Waals surface area contributed by atoms with Crippen molar-refractivity contribution in [1.29, 1.82) is 0 Å². The maximum atomic E-state index is 6.18. The van der Waals surface area contributed by atoms with Crippen LogP contribution in [0.5, 0.6) is 5.75 Å². The lowest BCUT2D eigenvalue weighted by atomic mass is 10.2. The van der Waals surface area contributed by atoms with Gasteiger partial charge in [-0.3, -0.25) is 0 Å². The molecule has 1 N–H and O–H groups in total. The van der Waals surface area contributed by atoms with Crippen LogP contribution in [-0.2, 0) is 13.0 Å². The molecule has 0 saturated heterocycles. The molecule has 25 heavy (non-hydrogen) atoms. The molecule has 0 aliphatic carbocycles. The maximum absolute atomic E-state index is 6.18. The Hall–Kier alpha value is -2.16. The summed E-state index contributed by atoms with van der Waals surface area (Å²) in [5.41, 5.74) is 3.26. The molecular formula is C21H19Cl2NO. The largest absolute Gasteiger partial charge is 0.493 e. The average Bonchev–Trinajstić information content (AvgIpc) is 2.65. The van der Waals surface area contributed by atoms with Gasteiger partial charge in [0.1, 0.15) is 5.75 Å². The van der Waals surface area contributed by atoms with Gasteiger partial charge in [0, 0.05) is 13.0 Å². The van der Waals surface area contributed by atoms with Gasteiger partial charge >= 0.3 is 0 Å². The molecular weight excluding hydrogens is 353 g/mol. The second kappa shape index (κ2) is 8.80. The van der Waals surface area contributed by atoms with E-state index in [1.807, 2.05) is 54.6 Å². The molecule has 3 rings (SSSR count). The molecule has 0 unspecified atom stereocenters. The fourth-order valence-corrected chi connectivity index (χ4v) is 2.84. The Morgan fingerprint density at radius 2 is 1.52 bits per heavy atom. The van der Waals surface area contributed by atoms with Gasteiger partial charge in [-0.05, 0) is 35.4 Å². The summed E-state index contributed by atoms with van der Waals surface area (Å²) in [6.45, 7) is 1.34. The van der Waals surface area contributed by atoms with E-state index in [0.717, 1.165) is 23.4 Å². The standard InChI is InChI=1S/C21H19Cl2NO/c22-19-7-4-8-20(21(19)23)24-15-17-9-11-18(12-10-17)25-14-13-16-5-2-1-3-6-16/h1-12,24H,13-15H2. The summed E-state index contributed by atoms with van der Waals surface area (Å²) in [7, 11) is 0. The van der Waals surface area contributed by atoms with E-state index in [-0.39, 0.29) is 0 Å². The molecule has 0 radical (unpaired) electrons. The van der Waals surface area contributed by atoms with Crippen LogP contribution in [0.25, 0.3) is 0 Å². The van der Waals surface area contributed by atoms with Crippen molar-refractivity contribution in [2.45, 2.75) is 13.0 Å². The topological polar surface area (TPSA) is 21.3 Å². The highest BCUT2D eigenvalue weighted by molar-refractivity contribution is 6.43. The highest BCUT2D eigenvalue weighted by Gasteiger charge is 2.04. The number of halogens is 2. The van der Waals surface area contributed by atoms with Crippen LogP contribution in [0.15, 0.2) is 72.8 Å². The Kier molecular flexibility index (Phi) is 6.21. The first-order valence-corrected chi connectivity index (χ1v) is 8.91. The van der Waals surface area contributed by atoms with Gasteiger partial charge in [-0.1, -0.05) is 71.7 Å². The Morgan fingerprint density at radius 1 is 0.760 bits per heavy atom. The van der Waals surface area contributed by atoms with Crippen LogP contribution in [-0.4, -0.2) is 6.61 Å². The summed E-state index contributed by atoms with van der Waals surface area (Å²) >= 11 is 12.2. The predicted molar refractivity (Wildman–Crippen MR) is 106 cm³/mol. The van der Waals surface area contributed by atoms with Gasteiger partial charge in [-0.2, -0.15) is 0 Å². The average molecular weight is 372 g/mol. The molecule has 0 aromatic heterocycles. The SMILES string of the molecule is Clc1cccc(NCc2ccc(OCCc3ccccc3)cc2)c1Cl. The maximum Gasteiger partial charge on any atom is 0.119 e. The van der Waals surface area contributed by atoms with Crippen LogP contribution in [0.2, 0.25) is 10.0 Å². The summed E-state index contributed by atoms with van der Waals surface area (Å²) in [5.74, 6) is 0.875. The highest BCUT2D eigenvalue weighted by Crippen LogP contribution is 2.29. The second-order valence-corrected chi connectivity index (χ2v) is 6.47. The van der Waals surface area contributed by atoms with Gasteiger partial charge < -0.3 is 10.1 Å². The van der Waals surface area contributed by atoms with E-state index in [2.05, 4.69) is 17.4 Å². The number of ether oxygens (including phenoxy) is 1. The van der Waals surface area contributed by atoms with Crippen LogP contribution in [0.1, 0.15) is 11.1 Å². The third-order valence-electron chi connectivity index (χ3n) is 3.86. The number of hydrogen-bond acceptors (Lipinski definition) is 2. The fourth-order valence-electron chi connectivity index (χ4n) is 2.47. The number of anilines is 1. The highest BCUT2D eigenvalue weighted by atomic mass is 35.5. The summed E-state index contributed by atoms with van der Waals surface area (Å²) < 4.78 is 5.80. The zero-order valence-electron chi connectivity index (χ0n) is 13.7. The molecule has 0 saturated carbocycles. The monoisotopic (exact) mass is 371 g/mol. The molecule has 0 aliphatic rings. The normalized spacial score (nSPS) is 10.5. The van der Waals surface area contributed by atoms with Gasteiger partial charge in [0.15, 0.2) is 0 Å². The number of hydrogen-bond donors (Lipinski definition) is 1. The van der Waals surface area contributed by atoms with E-state index in [1.54, 1.807) is 6.07 Å². The van der Waals surface area contributed by atoms with Crippen molar-refractivity contribution in [3.05, 3.63) is 94.0 Å². The van der Waals surface area contributed by atoms with E-state index in [9.17, 15) is 0 Å². The zero-order chi connectivity index (χ0) is 17.5. The Morgan fingerprint density at radius 3 is 2.28 bits per heavy atom. The van der Waals surface area contributed by atoms with Crippen molar-refractivity contribution in [3.63, 3.8) is 0 Å². The molecule has 3 aromatic rings. The molecule has 0 amide bonds. The van der Waals surface area contributed by atoms with Crippen molar-refractivity contribution in [2.24, 2.45) is 0 Å². The van der Waals surface area contributed by atoms with Gasteiger partial charge in [0.2, 0.25) is 0 Å². The van der Waals surface area contributed by atoms with E-state index in [0.29, 0.717) is 23.2 Å². The fraction of sp³-hybridized carbons (Fsp3) is 0.143. The predicted octanol–water partition coefficient (Wildman–Crippen LogP) is 6.23. The van der Waals surface area contributed by atoms with Crippen molar-refractivity contribution in [2.75, 3.05) is 11.9 Å². The lowest BCUT2D eigenvalue weighted by Crippen LogP contribution is -2.02. The third kappa shape index (κ3) is 5.15. The van der Waals surface area contributed by atoms with Gasteiger partial charge in [0.05, 0.1) is 22.3 Å². The smallest absolute Gasteiger partial charge is 0.119 e.